The highest BCUT2D eigenvalue weighted by Crippen LogP contribution is 2.24. The molecule has 1 aliphatic carbocycles. The number of hydrogen-bond donors (Lipinski definition) is 1. The standard InChI is InChI=1S/C14H27N3/c1-2-13(10-15-12-5-6-12)17-9-8-16-7-3-4-14(16)11-17/h12-15H,2-11H2,1H3. The number of piperazine rings is 1. The predicted octanol–water partition coefficient (Wildman–Crippen LogP) is 1.30. The van der Waals surface area contributed by atoms with E-state index in [1.54, 1.807) is 0 Å². The fourth-order valence-corrected chi connectivity index (χ4v) is 3.47. The molecule has 0 bridgehead atoms. The van der Waals surface area contributed by atoms with Crippen LogP contribution in [0.15, 0.2) is 0 Å². The summed E-state index contributed by atoms with van der Waals surface area (Å²) in [5.41, 5.74) is 0. The minimum Gasteiger partial charge on any atom is -0.312 e. The fourth-order valence-electron chi connectivity index (χ4n) is 3.47. The van der Waals surface area contributed by atoms with Crippen molar-refractivity contribution in [3.8, 4) is 0 Å². The maximum atomic E-state index is 3.71. The number of nitrogens with zero attached hydrogens (tertiary/aromatic N) is 2. The van der Waals surface area contributed by atoms with Gasteiger partial charge in [-0.3, -0.25) is 9.80 Å². The predicted molar refractivity (Wildman–Crippen MR) is 71.3 cm³/mol. The summed E-state index contributed by atoms with van der Waals surface area (Å²) in [5, 5.41) is 3.71. The van der Waals surface area contributed by atoms with Crippen molar-refractivity contribution in [1.29, 1.82) is 0 Å². The van der Waals surface area contributed by atoms with Crippen LogP contribution in [0.3, 0.4) is 0 Å². The number of rotatable bonds is 5. The minimum atomic E-state index is 0.776. The van der Waals surface area contributed by atoms with E-state index in [9.17, 15) is 0 Å². The van der Waals surface area contributed by atoms with E-state index in [4.69, 9.17) is 0 Å². The second-order valence-corrected chi connectivity index (χ2v) is 6.07. The van der Waals surface area contributed by atoms with Crippen molar-refractivity contribution in [3.05, 3.63) is 0 Å². The van der Waals surface area contributed by atoms with Gasteiger partial charge < -0.3 is 5.32 Å². The molecule has 0 amide bonds. The molecular formula is C14H27N3. The lowest BCUT2D eigenvalue weighted by atomic mass is 10.1. The molecule has 2 unspecified atom stereocenters. The molecule has 0 radical (unpaired) electrons. The van der Waals surface area contributed by atoms with Crippen LogP contribution in [0.5, 0.6) is 0 Å². The van der Waals surface area contributed by atoms with Gasteiger partial charge in [-0.25, -0.2) is 0 Å². The second kappa shape index (κ2) is 5.25. The average molecular weight is 237 g/mol. The molecule has 0 spiro atoms. The Morgan fingerprint density at radius 1 is 1.18 bits per heavy atom. The summed E-state index contributed by atoms with van der Waals surface area (Å²) in [5.74, 6) is 0. The molecule has 3 aliphatic rings. The summed E-state index contributed by atoms with van der Waals surface area (Å²) in [6.07, 6.45) is 6.98. The van der Waals surface area contributed by atoms with E-state index in [1.807, 2.05) is 0 Å². The first-order valence-electron chi connectivity index (χ1n) is 7.58. The highest BCUT2D eigenvalue weighted by molar-refractivity contribution is 4.90. The van der Waals surface area contributed by atoms with Crippen molar-refractivity contribution in [2.24, 2.45) is 0 Å². The van der Waals surface area contributed by atoms with Crippen LogP contribution in [0.4, 0.5) is 0 Å². The zero-order valence-electron chi connectivity index (χ0n) is 11.2. The van der Waals surface area contributed by atoms with E-state index in [1.165, 1.54) is 64.8 Å². The van der Waals surface area contributed by atoms with E-state index < -0.39 is 0 Å². The van der Waals surface area contributed by atoms with E-state index in [-0.39, 0.29) is 0 Å². The molecule has 0 aromatic rings. The lowest BCUT2D eigenvalue weighted by molar-refractivity contribution is 0.0694. The second-order valence-electron chi connectivity index (χ2n) is 6.07. The van der Waals surface area contributed by atoms with Gasteiger partial charge in [0, 0.05) is 44.3 Å². The zero-order valence-corrected chi connectivity index (χ0v) is 11.2. The molecule has 17 heavy (non-hydrogen) atoms. The van der Waals surface area contributed by atoms with Crippen LogP contribution in [0.1, 0.15) is 39.0 Å². The van der Waals surface area contributed by atoms with Crippen LogP contribution >= 0.6 is 0 Å². The largest absolute Gasteiger partial charge is 0.312 e. The van der Waals surface area contributed by atoms with Gasteiger partial charge in [-0.1, -0.05) is 6.92 Å². The Hall–Kier alpha value is -0.120. The Balaban J connectivity index is 1.50. The van der Waals surface area contributed by atoms with E-state index in [2.05, 4.69) is 22.0 Å². The quantitative estimate of drug-likeness (QED) is 0.777. The van der Waals surface area contributed by atoms with Crippen LogP contribution in [-0.4, -0.2) is 60.6 Å². The van der Waals surface area contributed by atoms with Gasteiger partial charge in [-0.15, -0.1) is 0 Å². The Labute approximate surface area is 106 Å². The van der Waals surface area contributed by atoms with Crippen molar-refractivity contribution in [2.45, 2.75) is 57.2 Å². The van der Waals surface area contributed by atoms with E-state index in [0.29, 0.717) is 0 Å². The first-order valence-corrected chi connectivity index (χ1v) is 7.58. The molecule has 1 saturated carbocycles. The van der Waals surface area contributed by atoms with Gasteiger partial charge in [-0.2, -0.15) is 0 Å². The number of nitrogens with one attached hydrogen (secondary N) is 1. The van der Waals surface area contributed by atoms with Crippen molar-refractivity contribution >= 4 is 0 Å². The molecule has 1 N–H and O–H groups in total. The van der Waals surface area contributed by atoms with Gasteiger partial charge in [-0.05, 0) is 38.6 Å². The third-order valence-corrected chi connectivity index (χ3v) is 4.83. The van der Waals surface area contributed by atoms with Gasteiger partial charge in [0.25, 0.3) is 0 Å². The highest BCUT2D eigenvalue weighted by atomic mass is 15.3. The van der Waals surface area contributed by atoms with Gasteiger partial charge in [0.15, 0.2) is 0 Å². The zero-order chi connectivity index (χ0) is 11.7. The Morgan fingerprint density at radius 3 is 2.82 bits per heavy atom. The van der Waals surface area contributed by atoms with Crippen LogP contribution in [0, 0.1) is 0 Å². The summed E-state index contributed by atoms with van der Waals surface area (Å²) < 4.78 is 0. The molecule has 0 aromatic carbocycles. The number of hydrogen-bond acceptors (Lipinski definition) is 3. The molecule has 2 aliphatic heterocycles. The van der Waals surface area contributed by atoms with Crippen LogP contribution in [-0.2, 0) is 0 Å². The summed E-state index contributed by atoms with van der Waals surface area (Å²) in [6.45, 7) is 8.85. The molecule has 98 valence electrons. The lowest BCUT2D eigenvalue weighted by Gasteiger charge is -2.41. The first-order chi connectivity index (χ1) is 8.36. The van der Waals surface area contributed by atoms with E-state index >= 15 is 0 Å². The van der Waals surface area contributed by atoms with Crippen molar-refractivity contribution < 1.29 is 0 Å². The van der Waals surface area contributed by atoms with Crippen molar-refractivity contribution in [3.63, 3.8) is 0 Å². The van der Waals surface area contributed by atoms with Crippen LogP contribution in [0.2, 0.25) is 0 Å². The molecule has 2 heterocycles. The maximum absolute atomic E-state index is 3.71. The van der Waals surface area contributed by atoms with Gasteiger partial charge in [0.1, 0.15) is 0 Å². The van der Waals surface area contributed by atoms with Gasteiger partial charge in [0.2, 0.25) is 0 Å². The summed E-state index contributed by atoms with van der Waals surface area (Å²) in [6, 6.07) is 2.51. The van der Waals surface area contributed by atoms with Crippen molar-refractivity contribution in [1.82, 2.24) is 15.1 Å². The van der Waals surface area contributed by atoms with Gasteiger partial charge in [0.05, 0.1) is 0 Å². The van der Waals surface area contributed by atoms with Crippen LogP contribution < -0.4 is 5.32 Å². The Morgan fingerprint density at radius 2 is 2.06 bits per heavy atom. The molecule has 3 heteroatoms. The summed E-state index contributed by atoms with van der Waals surface area (Å²) in [4.78, 5) is 5.46. The van der Waals surface area contributed by atoms with E-state index in [0.717, 1.165) is 18.1 Å². The Bertz CT molecular complexity index is 252. The van der Waals surface area contributed by atoms with Crippen LogP contribution in [0.25, 0.3) is 0 Å². The molecular weight excluding hydrogens is 210 g/mol. The summed E-state index contributed by atoms with van der Waals surface area (Å²) >= 11 is 0. The molecule has 2 saturated heterocycles. The smallest absolute Gasteiger partial charge is 0.0224 e. The fraction of sp³-hybridized carbons (Fsp3) is 1.00. The topological polar surface area (TPSA) is 18.5 Å². The lowest BCUT2D eigenvalue weighted by Crippen LogP contribution is -2.55. The highest BCUT2D eigenvalue weighted by Gasteiger charge is 2.33. The normalized spacial score (nSPS) is 32.6. The maximum Gasteiger partial charge on any atom is 0.0224 e. The monoisotopic (exact) mass is 237 g/mol. The minimum absolute atomic E-state index is 0.776. The van der Waals surface area contributed by atoms with Crippen molar-refractivity contribution in [2.75, 3.05) is 32.7 Å². The molecule has 3 fully saturated rings. The molecule has 2 atom stereocenters. The third-order valence-electron chi connectivity index (χ3n) is 4.83. The summed E-state index contributed by atoms with van der Waals surface area (Å²) in [7, 11) is 0. The average Bonchev–Trinajstić information content (AvgIpc) is 3.06. The molecule has 0 aromatic heterocycles. The number of fused-ring (bicyclic) bond motifs is 1. The third kappa shape index (κ3) is 2.83. The molecule has 3 rings (SSSR count). The Kier molecular flexibility index (Phi) is 3.69. The molecule has 3 nitrogen and oxygen atoms in total. The first kappa shape index (κ1) is 11.9. The SMILES string of the molecule is CCC(CNC1CC1)N1CCN2CCCC2C1. The van der Waals surface area contributed by atoms with Gasteiger partial charge >= 0.3 is 0 Å².